The number of aryl methyl sites for hydroxylation is 2. The number of rotatable bonds is 3. The maximum Gasteiger partial charge on any atom is 0.265 e. The number of hydrogen-bond donors (Lipinski definition) is 0. The lowest BCUT2D eigenvalue weighted by Crippen LogP contribution is -2.45. The summed E-state index contributed by atoms with van der Waals surface area (Å²) in [5, 5.41) is 0. The third kappa shape index (κ3) is 3.74. The molecule has 1 saturated heterocycles. The van der Waals surface area contributed by atoms with Gasteiger partial charge in [0.2, 0.25) is 5.91 Å². The van der Waals surface area contributed by atoms with Crippen LogP contribution in [0.2, 0.25) is 0 Å². The van der Waals surface area contributed by atoms with Gasteiger partial charge in [0.15, 0.2) is 9.84 Å². The zero-order chi connectivity index (χ0) is 20.8. The van der Waals surface area contributed by atoms with Gasteiger partial charge in [-0.1, -0.05) is 24.3 Å². The zero-order valence-electron chi connectivity index (χ0n) is 16.3. The molecule has 150 valence electrons. The lowest BCUT2D eigenvalue weighted by Gasteiger charge is -2.31. The number of sulfone groups is 1. The van der Waals surface area contributed by atoms with Gasteiger partial charge in [-0.3, -0.25) is 14.6 Å². The van der Waals surface area contributed by atoms with Crippen LogP contribution < -0.4 is 4.90 Å². The number of anilines is 1. The van der Waals surface area contributed by atoms with Crippen molar-refractivity contribution in [3.05, 3.63) is 64.7 Å². The maximum absolute atomic E-state index is 13.3. The number of carbonyl (C=O) groups is 2. The number of carbonyl (C=O) groups excluding carboxylic acids is 2. The van der Waals surface area contributed by atoms with Gasteiger partial charge in [0.05, 0.1) is 29.2 Å². The fraction of sp³-hybridized carbons (Fsp3) is 0.318. The predicted molar refractivity (Wildman–Crippen MR) is 112 cm³/mol. The first-order valence-electron chi connectivity index (χ1n) is 9.54. The Morgan fingerprint density at radius 1 is 1.07 bits per heavy atom. The highest BCUT2D eigenvalue weighted by molar-refractivity contribution is 7.91. The Hall–Kier alpha value is -2.80. The van der Waals surface area contributed by atoms with Gasteiger partial charge in [0.25, 0.3) is 5.91 Å². The molecule has 2 atom stereocenters. The molecule has 0 saturated carbocycles. The average molecular weight is 410 g/mol. The summed E-state index contributed by atoms with van der Waals surface area (Å²) in [6.07, 6.45) is 1.98. The van der Waals surface area contributed by atoms with E-state index in [-0.39, 0.29) is 29.4 Å². The fourth-order valence-electron chi connectivity index (χ4n) is 4.02. The summed E-state index contributed by atoms with van der Waals surface area (Å²) in [7, 11) is -3.06. The maximum atomic E-state index is 13.3. The number of nitrogens with zero attached hydrogens (tertiary/aromatic N) is 2. The van der Waals surface area contributed by atoms with Crippen molar-refractivity contribution in [2.24, 2.45) is 4.99 Å². The summed E-state index contributed by atoms with van der Waals surface area (Å²) >= 11 is 0. The van der Waals surface area contributed by atoms with E-state index >= 15 is 0 Å². The van der Waals surface area contributed by atoms with Gasteiger partial charge in [-0.05, 0) is 55.2 Å². The molecule has 2 aliphatic rings. The predicted octanol–water partition coefficient (Wildman–Crippen LogP) is 2.83. The van der Waals surface area contributed by atoms with E-state index in [1.807, 2.05) is 32.0 Å². The molecule has 2 heterocycles. The summed E-state index contributed by atoms with van der Waals surface area (Å²) in [6, 6.07) is 12.3. The van der Waals surface area contributed by atoms with Crippen molar-refractivity contribution < 1.29 is 18.0 Å². The van der Waals surface area contributed by atoms with Crippen LogP contribution in [-0.4, -0.2) is 44.0 Å². The topological polar surface area (TPSA) is 83.9 Å². The van der Waals surface area contributed by atoms with Crippen LogP contribution in [0.3, 0.4) is 0 Å². The quantitative estimate of drug-likeness (QED) is 0.575. The number of imide groups is 1. The largest absolute Gasteiger partial charge is 0.292 e. The minimum absolute atomic E-state index is 0.00573. The summed E-state index contributed by atoms with van der Waals surface area (Å²) in [5.74, 6) is -1.33. The molecule has 0 aliphatic carbocycles. The molecule has 6 nitrogen and oxygen atoms in total. The normalized spacial score (nSPS) is 23.6. The van der Waals surface area contributed by atoms with E-state index in [2.05, 4.69) is 4.99 Å². The monoisotopic (exact) mass is 410 g/mol. The SMILES string of the molecule is Cc1cc(C)cc(N2C(=O)c3ccccc3[C@H](C=N[C@@H]3CCS(=O)(=O)C3)C2=O)c1. The van der Waals surface area contributed by atoms with Crippen LogP contribution in [0.15, 0.2) is 47.5 Å². The van der Waals surface area contributed by atoms with Crippen molar-refractivity contribution in [1.29, 1.82) is 0 Å². The Morgan fingerprint density at radius 2 is 1.76 bits per heavy atom. The molecule has 2 aromatic carbocycles. The third-order valence-corrected chi connectivity index (χ3v) is 7.09. The molecule has 0 radical (unpaired) electrons. The van der Waals surface area contributed by atoms with Gasteiger partial charge < -0.3 is 0 Å². The van der Waals surface area contributed by atoms with E-state index in [4.69, 9.17) is 0 Å². The number of fused-ring (bicyclic) bond motifs is 1. The highest BCUT2D eigenvalue weighted by atomic mass is 32.2. The molecule has 0 spiro atoms. The Balaban J connectivity index is 1.75. The highest BCUT2D eigenvalue weighted by Crippen LogP contribution is 2.33. The number of amides is 2. The van der Waals surface area contributed by atoms with E-state index < -0.39 is 15.8 Å². The van der Waals surface area contributed by atoms with Crippen LogP contribution in [0.25, 0.3) is 0 Å². The molecule has 0 unspecified atom stereocenters. The second-order valence-corrected chi connectivity index (χ2v) is 9.97. The first-order valence-corrected chi connectivity index (χ1v) is 11.4. The lowest BCUT2D eigenvalue weighted by atomic mass is 9.88. The minimum Gasteiger partial charge on any atom is -0.292 e. The van der Waals surface area contributed by atoms with Gasteiger partial charge in [-0.2, -0.15) is 0 Å². The van der Waals surface area contributed by atoms with Crippen molar-refractivity contribution in [2.45, 2.75) is 32.2 Å². The summed E-state index contributed by atoms with van der Waals surface area (Å²) in [4.78, 5) is 32.1. The van der Waals surface area contributed by atoms with Crippen molar-refractivity contribution in [3.63, 3.8) is 0 Å². The first-order chi connectivity index (χ1) is 13.7. The van der Waals surface area contributed by atoms with Gasteiger partial charge in [-0.15, -0.1) is 0 Å². The van der Waals surface area contributed by atoms with E-state index in [1.165, 1.54) is 11.1 Å². The molecule has 29 heavy (non-hydrogen) atoms. The van der Waals surface area contributed by atoms with Crippen LogP contribution in [0.4, 0.5) is 5.69 Å². The van der Waals surface area contributed by atoms with Crippen LogP contribution in [0.5, 0.6) is 0 Å². The van der Waals surface area contributed by atoms with Gasteiger partial charge >= 0.3 is 0 Å². The second-order valence-electron chi connectivity index (χ2n) is 7.74. The fourth-order valence-corrected chi connectivity index (χ4v) is 5.66. The standard InChI is InChI=1S/C22H22N2O4S/c1-14-9-15(2)11-17(10-14)24-21(25)19-6-4-3-5-18(19)20(22(24)26)12-23-16-7-8-29(27,28)13-16/h3-6,9-12,16,20H,7-8,13H2,1-2H3/t16-,20+/m1/s1. The Bertz CT molecular complexity index is 1120. The van der Waals surface area contributed by atoms with Gasteiger partial charge in [0.1, 0.15) is 0 Å². The van der Waals surface area contributed by atoms with Gasteiger partial charge in [-0.25, -0.2) is 13.3 Å². The Morgan fingerprint density at radius 3 is 2.41 bits per heavy atom. The van der Waals surface area contributed by atoms with Crippen LogP contribution >= 0.6 is 0 Å². The number of aliphatic imine (C=N–C) groups is 1. The van der Waals surface area contributed by atoms with Crippen LogP contribution in [0, 0.1) is 13.8 Å². The van der Waals surface area contributed by atoms with Crippen molar-refractivity contribution in [1.82, 2.24) is 0 Å². The van der Waals surface area contributed by atoms with E-state index in [0.717, 1.165) is 11.1 Å². The number of hydrogen-bond acceptors (Lipinski definition) is 5. The van der Waals surface area contributed by atoms with E-state index in [0.29, 0.717) is 23.2 Å². The molecule has 0 N–H and O–H groups in total. The van der Waals surface area contributed by atoms with Crippen molar-refractivity contribution in [2.75, 3.05) is 16.4 Å². The van der Waals surface area contributed by atoms with E-state index in [9.17, 15) is 18.0 Å². The van der Waals surface area contributed by atoms with Gasteiger partial charge in [0, 0.05) is 11.8 Å². The smallest absolute Gasteiger partial charge is 0.265 e. The molecule has 0 bridgehead atoms. The molecule has 4 rings (SSSR count). The second kappa shape index (κ2) is 7.22. The van der Waals surface area contributed by atoms with E-state index in [1.54, 1.807) is 24.3 Å². The van der Waals surface area contributed by atoms with Crippen molar-refractivity contribution in [3.8, 4) is 0 Å². The molecular formula is C22H22N2O4S. The molecular weight excluding hydrogens is 388 g/mol. The summed E-state index contributed by atoms with van der Waals surface area (Å²) in [6.45, 7) is 3.84. The highest BCUT2D eigenvalue weighted by Gasteiger charge is 2.39. The van der Waals surface area contributed by atoms with Crippen LogP contribution in [0.1, 0.15) is 39.4 Å². The molecule has 2 amide bonds. The summed E-state index contributed by atoms with van der Waals surface area (Å²) in [5.41, 5.74) is 3.52. The average Bonchev–Trinajstić information content (AvgIpc) is 3.00. The first kappa shape index (κ1) is 19.5. The van der Waals surface area contributed by atoms with Crippen molar-refractivity contribution >= 4 is 33.6 Å². The summed E-state index contributed by atoms with van der Waals surface area (Å²) < 4.78 is 23.4. The molecule has 1 fully saturated rings. The molecule has 2 aliphatic heterocycles. The zero-order valence-corrected chi connectivity index (χ0v) is 17.1. The lowest BCUT2D eigenvalue weighted by molar-refractivity contribution is -0.118. The molecule has 7 heteroatoms. The van der Waals surface area contributed by atoms with Crippen LogP contribution in [-0.2, 0) is 14.6 Å². The Kier molecular flexibility index (Phi) is 4.86. The molecule has 0 aromatic heterocycles. The minimum atomic E-state index is -3.06. The Labute approximate surface area is 170 Å². The molecule has 2 aromatic rings. The number of benzene rings is 2. The third-order valence-electron chi connectivity index (χ3n) is 5.33.